The van der Waals surface area contributed by atoms with Gasteiger partial charge < -0.3 is 4.57 Å². The van der Waals surface area contributed by atoms with Crippen molar-refractivity contribution in [1.82, 2.24) is 4.57 Å². The molecule has 1 heteroatoms. The molecule has 24 heavy (non-hydrogen) atoms. The Morgan fingerprint density at radius 2 is 1.42 bits per heavy atom. The molecule has 0 N–H and O–H groups in total. The summed E-state index contributed by atoms with van der Waals surface area (Å²) in [6, 6.07) is 24.6. The van der Waals surface area contributed by atoms with Crippen molar-refractivity contribution in [1.29, 1.82) is 0 Å². The van der Waals surface area contributed by atoms with E-state index in [4.69, 9.17) is 0 Å². The maximum absolute atomic E-state index is 2.36. The Morgan fingerprint density at radius 3 is 2.29 bits per heavy atom. The van der Waals surface area contributed by atoms with Crippen LogP contribution in [0, 0.1) is 0 Å². The van der Waals surface area contributed by atoms with Gasteiger partial charge in [0.15, 0.2) is 0 Å². The highest BCUT2D eigenvalue weighted by Gasteiger charge is 2.12. The summed E-state index contributed by atoms with van der Waals surface area (Å²) in [6.07, 6.45) is 1.07. The van der Waals surface area contributed by atoms with Crippen molar-refractivity contribution in [3.63, 3.8) is 0 Å². The summed E-state index contributed by atoms with van der Waals surface area (Å²) in [6.45, 7) is 2.21. The minimum Gasteiger partial charge on any atom is -0.343 e. The first-order valence-electron chi connectivity index (χ1n) is 8.59. The molecule has 0 radical (unpaired) electrons. The number of fused-ring (bicyclic) bond motifs is 7. The lowest BCUT2D eigenvalue weighted by Crippen LogP contribution is -1.89. The number of aromatic nitrogens is 1. The molecular weight excluding hydrogens is 290 g/mol. The number of rotatable bonds is 1. The normalized spacial score (nSPS) is 11.9. The van der Waals surface area contributed by atoms with Gasteiger partial charge in [0.05, 0.1) is 5.52 Å². The molecule has 0 saturated carbocycles. The third-order valence-corrected chi connectivity index (χ3v) is 5.35. The largest absolute Gasteiger partial charge is 0.343 e. The van der Waals surface area contributed by atoms with Crippen LogP contribution in [0.5, 0.6) is 0 Å². The zero-order valence-corrected chi connectivity index (χ0v) is 14.0. The Kier molecular flexibility index (Phi) is 2.75. The Hall–Kier alpha value is -2.80. The molecule has 0 saturated heterocycles. The van der Waals surface area contributed by atoms with E-state index in [9.17, 15) is 0 Å². The van der Waals surface area contributed by atoms with Crippen LogP contribution in [0.4, 0.5) is 0 Å². The van der Waals surface area contributed by atoms with Crippen LogP contribution >= 0.6 is 0 Å². The van der Waals surface area contributed by atoms with E-state index < -0.39 is 0 Å². The van der Waals surface area contributed by atoms with Crippen LogP contribution in [0.2, 0.25) is 0 Å². The van der Waals surface area contributed by atoms with Crippen molar-refractivity contribution >= 4 is 43.4 Å². The SMILES string of the molecule is CCc1ccc2c3ccc4c5ccccc5ccc4c3n(C)c2c1. The Bertz CT molecular complexity index is 1240. The van der Waals surface area contributed by atoms with Gasteiger partial charge in [-0.2, -0.15) is 0 Å². The molecule has 0 aliphatic carbocycles. The summed E-state index contributed by atoms with van der Waals surface area (Å²) < 4.78 is 2.36. The van der Waals surface area contributed by atoms with Gasteiger partial charge in [0.1, 0.15) is 0 Å². The van der Waals surface area contributed by atoms with Crippen molar-refractivity contribution in [2.45, 2.75) is 13.3 Å². The maximum atomic E-state index is 2.36. The van der Waals surface area contributed by atoms with Crippen LogP contribution in [0.3, 0.4) is 0 Å². The molecule has 0 unspecified atom stereocenters. The number of nitrogens with zero attached hydrogens (tertiary/aromatic N) is 1. The lowest BCUT2D eigenvalue weighted by atomic mass is 9.99. The number of hydrogen-bond acceptors (Lipinski definition) is 0. The molecule has 116 valence electrons. The molecule has 1 aromatic heterocycles. The van der Waals surface area contributed by atoms with Crippen molar-refractivity contribution in [2.75, 3.05) is 0 Å². The van der Waals surface area contributed by atoms with Crippen LogP contribution in [0.25, 0.3) is 43.4 Å². The van der Waals surface area contributed by atoms with E-state index in [-0.39, 0.29) is 0 Å². The molecule has 5 aromatic rings. The lowest BCUT2D eigenvalue weighted by Gasteiger charge is -2.07. The monoisotopic (exact) mass is 309 g/mol. The summed E-state index contributed by atoms with van der Waals surface area (Å²) in [4.78, 5) is 0. The molecule has 4 aromatic carbocycles. The molecule has 0 amide bonds. The predicted octanol–water partition coefficient (Wildman–Crippen LogP) is 6.20. The minimum atomic E-state index is 1.07. The summed E-state index contributed by atoms with van der Waals surface area (Å²) in [5.74, 6) is 0. The van der Waals surface area contributed by atoms with E-state index in [1.807, 2.05) is 0 Å². The molecule has 0 aliphatic rings. The van der Waals surface area contributed by atoms with Crippen molar-refractivity contribution in [2.24, 2.45) is 7.05 Å². The van der Waals surface area contributed by atoms with E-state index in [0.29, 0.717) is 0 Å². The Balaban J connectivity index is 2.02. The van der Waals surface area contributed by atoms with Gasteiger partial charge >= 0.3 is 0 Å². The standard InChI is InChI=1S/C23H19N/c1-3-15-8-10-19-21-13-12-18-17-7-5-4-6-16(17)9-11-20(18)23(21)24(2)22(19)14-15/h4-14H,3H2,1-2H3. The molecular formula is C23H19N. The van der Waals surface area contributed by atoms with Gasteiger partial charge in [-0.25, -0.2) is 0 Å². The zero-order chi connectivity index (χ0) is 16.3. The van der Waals surface area contributed by atoms with Gasteiger partial charge in [-0.05, 0) is 34.2 Å². The molecule has 5 rings (SSSR count). The second kappa shape index (κ2) is 4.85. The lowest BCUT2D eigenvalue weighted by molar-refractivity contribution is 1.01. The fraction of sp³-hybridized carbons (Fsp3) is 0.130. The highest BCUT2D eigenvalue weighted by molar-refractivity contribution is 6.22. The Labute approximate surface area is 141 Å². The van der Waals surface area contributed by atoms with Gasteiger partial charge in [0.25, 0.3) is 0 Å². The van der Waals surface area contributed by atoms with Crippen LogP contribution in [-0.2, 0) is 13.5 Å². The second-order valence-electron chi connectivity index (χ2n) is 6.61. The van der Waals surface area contributed by atoms with Crippen LogP contribution in [0.1, 0.15) is 12.5 Å². The average molecular weight is 309 g/mol. The number of hydrogen-bond donors (Lipinski definition) is 0. The third kappa shape index (κ3) is 1.70. The van der Waals surface area contributed by atoms with E-state index in [1.165, 1.54) is 48.9 Å². The minimum absolute atomic E-state index is 1.07. The molecule has 0 atom stereocenters. The number of benzene rings is 4. The summed E-state index contributed by atoms with van der Waals surface area (Å²) in [5.41, 5.74) is 4.05. The molecule has 0 aliphatic heterocycles. The maximum Gasteiger partial charge on any atom is 0.0568 e. The molecule has 1 nitrogen and oxygen atoms in total. The average Bonchev–Trinajstić information content (AvgIpc) is 2.93. The fourth-order valence-electron chi connectivity index (χ4n) is 4.07. The predicted molar refractivity (Wildman–Crippen MR) is 105 cm³/mol. The topological polar surface area (TPSA) is 4.93 Å². The van der Waals surface area contributed by atoms with E-state index >= 15 is 0 Å². The van der Waals surface area contributed by atoms with E-state index in [0.717, 1.165) is 6.42 Å². The highest BCUT2D eigenvalue weighted by Crippen LogP contribution is 2.36. The summed E-state index contributed by atoms with van der Waals surface area (Å²) in [7, 11) is 2.19. The first kappa shape index (κ1) is 13.6. The quantitative estimate of drug-likeness (QED) is 0.325. The third-order valence-electron chi connectivity index (χ3n) is 5.35. The first-order valence-corrected chi connectivity index (χ1v) is 8.59. The van der Waals surface area contributed by atoms with Gasteiger partial charge in [-0.3, -0.25) is 0 Å². The highest BCUT2D eigenvalue weighted by atomic mass is 14.9. The van der Waals surface area contributed by atoms with Gasteiger partial charge in [0, 0.05) is 28.7 Å². The summed E-state index contributed by atoms with van der Waals surface area (Å²) in [5, 5.41) is 8.00. The van der Waals surface area contributed by atoms with Crippen molar-refractivity contribution in [3.05, 3.63) is 72.3 Å². The van der Waals surface area contributed by atoms with Crippen LogP contribution in [-0.4, -0.2) is 4.57 Å². The van der Waals surface area contributed by atoms with Crippen LogP contribution in [0.15, 0.2) is 66.7 Å². The second-order valence-corrected chi connectivity index (χ2v) is 6.61. The van der Waals surface area contributed by atoms with Gasteiger partial charge in [-0.15, -0.1) is 0 Å². The Morgan fingerprint density at radius 1 is 0.708 bits per heavy atom. The molecule has 0 bridgehead atoms. The smallest absolute Gasteiger partial charge is 0.0568 e. The van der Waals surface area contributed by atoms with Crippen molar-refractivity contribution < 1.29 is 0 Å². The molecule has 0 fully saturated rings. The fourth-order valence-corrected chi connectivity index (χ4v) is 4.07. The van der Waals surface area contributed by atoms with Crippen molar-refractivity contribution in [3.8, 4) is 0 Å². The first-order chi connectivity index (χ1) is 11.8. The van der Waals surface area contributed by atoms with Crippen LogP contribution < -0.4 is 0 Å². The number of aryl methyl sites for hydroxylation is 2. The summed E-state index contributed by atoms with van der Waals surface area (Å²) >= 11 is 0. The zero-order valence-electron chi connectivity index (χ0n) is 14.0. The molecule has 0 spiro atoms. The van der Waals surface area contributed by atoms with E-state index in [2.05, 4.69) is 85.3 Å². The van der Waals surface area contributed by atoms with Gasteiger partial charge in [0.2, 0.25) is 0 Å². The van der Waals surface area contributed by atoms with E-state index in [1.54, 1.807) is 0 Å². The van der Waals surface area contributed by atoms with Gasteiger partial charge in [-0.1, -0.05) is 67.6 Å². The molecule has 1 heterocycles.